The van der Waals surface area contributed by atoms with Crippen LogP contribution >= 0.6 is 0 Å². The highest BCUT2D eigenvalue weighted by Crippen LogP contribution is 2.26. The first kappa shape index (κ1) is 21.0. The summed E-state index contributed by atoms with van der Waals surface area (Å²) in [4.78, 5) is 12.1. The number of carbonyl (C=O) groups excluding carboxylic acids is 1. The minimum Gasteiger partial charge on any atom is -0.326 e. The summed E-state index contributed by atoms with van der Waals surface area (Å²) in [6.07, 6.45) is 2.09. The molecule has 2 aromatic carbocycles. The van der Waals surface area contributed by atoms with E-state index in [4.69, 9.17) is 0 Å². The molecule has 0 unspecified atom stereocenters. The molecule has 0 radical (unpaired) electrons. The molecule has 0 saturated heterocycles. The maximum absolute atomic E-state index is 12.7. The maximum atomic E-state index is 12.7. The molecule has 6 heteroatoms. The number of rotatable bonds is 8. The van der Waals surface area contributed by atoms with E-state index >= 15 is 0 Å². The summed E-state index contributed by atoms with van der Waals surface area (Å²) in [6.45, 7) is 7.97. The van der Waals surface area contributed by atoms with Crippen LogP contribution < -0.4 is 10.0 Å². The van der Waals surface area contributed by atoms with Crippen molar-refractivity contribution in [2.75, 3.05) is 10.0 Å². The molecule has 0 aliphatic heterocycles. The normalized spacial score (nSPS) is 11.4. The number of amides is 1. The molecule has 2 rings (SSSR count). The number of hydrogen-bond acceptors (Lipinski definition) is 3. The van der Waals surface area contributed by atoms with Gasteiger partial charge in [0.2, 0.25) is 5.91 Å². The van der Waals surface area contributed by atoms with E-state index in [0.717, 1.165) is 18.4 Å². The Labute approximate surface area is 162 Å². The second kappa shape index (κ2) is 9.04. The molecule has 0 fully saturated rings. The number of anilines is 2. The van der Waals surface area contributed by atoms with Crippen LogP contribution in [-0.4, -0.2) is 14.3 Å². The number of nitrogens with one attached hydrogen (secondary N) is 2. The number of benzene rings is 2. The lowest BCUT2D eigenvalue weighted by Gasteiger charge is -2.15. The van der Waals surface area contributed by atoms with Gasteiger partial charge in [0, 0.05) is 12.1 Å². The third-order valence-electron chi connectivity index (χ3n) is 4.21. The monoisotopic (exact) mass is 388 g/mol. The summed E-state index contributed by atoms with van der Waals surface area (Å²) in [6, 6.07) is 12.1. The summed E-state index contributed by atoms with van der Waals surface area (Å²) >= 11 is 0. The molecule has 0 bridgehead atoms. The zero-order valence-corrected chi connectivity index (χ0v) is 17.2. The molecule has 0 heterocycles. The second-order valence-electron chi connectivity index (χ2n) is 7.12. The van der Waals surface area contributed by atoms with Gasteiger partial charge in [0.25, 0.3) is 10.0 Å². The molecular weight excluding hydrogens is 360 g/mol. The first-order chi connectivity index (χ1) is 12.7. The van der Waals surface area contributed by atoms with Gasteiger partial charge in [-0.05, 0) is 61.1 Å². The van der Waals surface area contributed by atoms with E-state index in [0.29, 0.717) is 29.3 Å². The van der Waals surface area contributed by atoms with E-state index in [1.165, 1.54) is 0 Å². The van der Waals surface area contributed by atoms with Crippen LogP contribution in [0.25, 0.3) is 0 Å². The van der Waals surface area contributed by atoms with Gasteiger partial charge in [-0.25, -0.2) is 8.42 Å². The van der Waals surface area contributed by atoms with E-state index in [1.54, 1.807) is 37.3 Å². The fraction of sp³-hybridized carbons (Fsp3) is 0.381. The standard InChI is InChI=1S/C21H28N2O3S/c1-5-7-21(24)22-19-8-6-9-20(16(19)4)23-27(25,26)18-12-10-17(11-13-18)14-15(2)3/h6,8-13,15,23H,5,7,14H2,1-4H3,(H,22,24). The highest BCUT2D eigenvalue weighted by atomic mass is 32.2. The Morgan fingerprint density at radius 3 is 2.26 bits per heavy atom. The van der Waals surface area contributed by atoms with E-state index in [2.05, 4.69) is 23.9 Å². The highest BCUT2D eigenvalue weighted by molar-refractivity contribution is 7.92. The van der Waals surface area contributed by atoms with Gasteiger partial charge in [-0.3, -0.25) is 9.52 Å². The molecular formula is C21H28N2O3S. The lowest BCUT2D eigenvalue weighted by Crippen LogP contribution is -2.16. The zero-order valence-electron chi connectivity index (χ0n) is 16.4. The van der Waals surface area contributed by atoms with Crippen molar-refractivity contribution in [3.8, 4) is 0 Å². The van der Waals surface area contributed by atoms with Crippen molar-refractivity contribution in [1.29, 1.82) is 0 Å². The Kier molecular flexibility index (Phi) is 7.02. The topological polar surface area (TPSA) is 75.3 Å². The van der Waals surface area contributed by atoms with E-state index in [9.17, 15) is 13.2 Å². The lowest BCUT2D eigenvalue weighted by atomic mass is 10.0. The maximum Gasteiger partial charge on any atom is 0.261 e. The van der Waals surface area contributed by atoms with Gasteiger partial charge in [-0.15, -0.1) is 0 Å². The smallest absolute Gasteiger partial charge is 0.261 e. The fourth-order valence-electron chi connectivity index (χ4n) is 2.80. The average Bonchev–Trinajstić information content (AvgIpc) is 2.58. The number of sulfonamides is 1. The van der Waals surface area contributed by atoms with Crippen LogP contribution in [-0.2, 0) is 21.2 Å². The van der Waals surface area contributed by atoms with Gasteiger partial charge < -0.3 is 5.32 Å². The fourth-order valence-corrected chi connectivity index (χ4v) is 3.92. The molecule has 5 nitrogen and oxygen atoms in total. The molecule has 27 heavy (non-hydrogen) atoms. The first-order valence-corrected chi connectivity index (χ1v) is 10.7. The molecule has 2 aromatic rings. The lowest BCUT2D eigenvalue weighted by molar-refractivity contribution is -0.116. The van der Waals surface area contributed by atoms with Crippen molar-refractivity contribution in [2.45, 2.75) is 51.9 Å². The van der Waals surface area contributed by atoms with Crippen LogP contribution in [0.2, 0.25) is 0 Å². The van der Waals surface area contributed by atoms with Crippen LogP contribution in [0.3, 0.4) is 0 Å². The van der Waals surface area contributed by atoms with Gasteiger partial charge in [0.1, 0.15) is 0 Å². The van der Waals surface area contributed by atoms with Gasteiger partial charge in [0.05, 0.1) is 10.6 Å². The molecule has 1 amide bonds. The molecule has 0 saturated carbocycles. The minimum absolute atomic E-state index is 0.0821. The molecule has 0 atom stereocenters. The van der Waals surface area contributed by atoms with Crippen molar-refractivity contribution >= 4 is 27.3 Å². The van der Waals surface area contributed by atoms with Gasteiger partial charge in [0.15, 0.2) is 0 Å². The van der Waals surface area contributed by atoms with Gasteiger partial charge >= 0.3 is 0 Å². The van der Waals surface area contributed by atoms with E-state index in [1.807, 2.05) is 19.1 Å². The zero-order chi connectivity index (χ0) is 20.0. The predicted octanol–water partition coefficient (Wildman–Crippen LogP) is 4.73. The summed E-state index contributed by atoms with van der Waals surface area (Å²) in [5, 5.41) is 2.83. The first-order valence-electron chi connectivity index (χ1n) is 9.24. The van der Waals surface area contributed by atoms with Crippen LogP contribution in [0, 0.1) is 12.8 Å². The number of carbonyl (C=O) groups is 1. The van der Waals surface area contributed by atoms with Crippen LogP contribution in [0.15, 0.2) is 47.4 Å². The molecule has 146 valence electrons. The Bertz CT molecular complexity index is 888. The Morgan fingerprint density at radius 2 is 1.67 bits per heavy atom. The van der Waals surface area contributed by atoms with Crippen LogP contribution in [0.1, 0.15) is 44.7 Å². The summed E-state index contributed by atoms with van der Waals surface area (Å²) in [5.74, 6) is 0.431. The third-order valence-corrected chi connectivity index (χ3v) is 5.59. The van der Waals surface area contributed by atoms with Crippen molar-refractivity contribution in [3.63, 3.8) is 0 Å². The quantitative estimate of drug-likeness (QED) is 0.686. The Balaban J connectivity index is 2.21. The minimum atomic E-state index is -3.70. The SMILES string of the molecule is CCCC(=O)Nc1cccc(NS(=O)(=O)c2ccc(CC(C)C)cc2)c1C. The molecule has 0 aliphatic rings. The Hall–Kier alpha value is -2.34. The van der Waals surface area contributed by atoms with Crippen LogP contribution in [0.5, 0.6) is 0 Å². The summed E-state index contributed by atoms with van der Waals surface area (Å²) in [5.41, 5.74) is 2.86. The van der Waals surface area contributed by atoms with Crippen molar-refractivity contribution < 1.29 is 13.2 Å². The van der Waals surface area contributed by atoms with Crippen molar-refractivity contribution in [1.82, 2.24) is 0 Å². The number of hydrogen-bond donors (Lipinski definition) is 2. The van der Waals surface area contributed by atoms with Gasteiger partial charge in [-0.2, -0.15) is 0 Å². The molecule has 0 spiro atoms. The average molecular weight is 389 g/mol. The van der Waals surface area contributed by atoms with Crippen molar-refractivity contribution in [3.05, 3.63) is 53.6 Å². The van der Waals surface area contributed by atoms with Gasteiger partial charge in [-0.1, -0.05) is 39.0 Å². The summed E-state index contributed by atoms with van der Waals surface area (Å²) in [7, 11) is -3.70. The largest absolute Gasteiger partial charge is 0.326 e. The van der Waals surface area contributed by atoms with Crippen molar-refractivity contribution in [2.24, 2.45) is 5.92 Å². The predicted molar refractivity (Wildman–Crippen MR) is 111 cm³/mol. The molecule has 2 N–H and O–H groups in total. The third kappa shape index (κ3) is 5.82. The Morgan fingerprint density at radius 1 is 1.04 bits per heavy atom. The molecule has 0 aliphatic carbocycles. The molecule has 0 aromatic heterocycles. The van der Waals surface area contributed by atoms with E-state index in [-0.39, 0.29) is 10.8 Å². The van der Waals surface area contributed by atoms with E-state index < -0.39 is 10.0 Å². The van der Waals surface area contributed by atoms with Crippen LogP contribution in [0.4, 0.5) is 11.4 Å². The second-order valence-corrected chi connectivity index (χ2v) is 8.81. The summed E-state index contributed by atoms with van der Waals surface area (Å²) < 4.78 is 28.1. The highest BCUT2D eigenvalue weighted by Gasteiger charge is 2.16.